The maximum Gasteiger partial charge on any atom is 0.0138 e. The molecule has 3 aliphatic rings. The summed E-state index contributed by atoms with van der Waals surface area (Å²) in [4.78, 5) is 0. The van der Waals surface area contributed by atoms with Gasteiger partial charge in [0.05, 0.1) is 0 Å². The molecule has 1 N–H and O–H groups in total. The molecule has 0 heterocycles. The van der Waals surface area contributed by atoms with Crippen LogP contribution in [0.1, 0.15) is 59.8 Å². The zero-order chi connectivity index (χ0) is 13.0. The molecular formula is C17H29N. The Labute approximate surface area is 112 Å². The first kappa shape index (κ1) is 12.7. The summed E-state index contributed by atoms with van der Waals surface area (Å²) in [5.41, 5.74) is 1.02. The van der Waals surface area contributed by atoms with Crippen molar-refractivity contribution in [2.75, 3.05) is 0 Å². The van der Waals surface area contributed by atoms with Gasteiger partial charge in [0.1, 0.15) is 0 Å². The Hall–Kier alpha value is -0.300. The van der Waals surface area contributed by atoms with Gasteiger partial charge in [-0.3, -0.25) is 0 Å². The van der Waals surface area contributed by atoms with Crippen molar-refractivity contribution in [3.8, 4) is 0 Å². The third-order valence-electron chi connectivity index (χ3n) is 5.37. The van der Waals surface area contributed by atoms with Gasteiger partial charge >= 0.3 is 0 Å². The number of hydrogen-bond donors (Lipinski definition) is 1. The van der Waals surface area contributed by atoms with Gasteiger partial charge in [-0.05, 0) is 54.8 Å². The second kappa shape index (κ2) is 4.10. The molecule has 3 atom stereocenters. The molecule has 0 aromatic rings. The molecule has 2 saturated carbocycles. The monoisotopic (exact) mass is 247 g/mol. The zero-order valence-corrected chi connectivity index (χ0v) is 12.5. The molecular weight excluding hydrogens is 218 g/mol. The summed E-state index contributed by atoms with van der Waals surface area (Å²) in [6, 6.07) is 1.52. The van der Waals surface area contributed by atoms with E-state index in [2.05, 4.69) is 45.2 Å². The van der Waals surface area contributed by atoms with E-state index in [1.807, 2.05) is 0 Å². The number of allylic oxidation sites excluding steroid dienone is 1. The molecule has 1 nitrogen and oxygen atoms in total. The van der Waals surface area contributed by atoms with Crippen molar-refractivity contribution in [3.05, 3.63) is 12.2 Å². The number of hydrogen-bond acceptors (Lipinski definition) is 1. The van der Waals surface area contributed by atoms with Crippen LogP contribution in [-0.2, 0) is 0 Å². The summed E-state index contributed by atoms with van der Waals surface area (Å²) >= 11 is 0. The molecule has 102 valence electrons. The average molecular weight is 247 g/mol. The minimum absolute atomic E-state index is 0.508. The Morgan fingerprint density at radius 1 is 1.06 bits per heavy atom. The van der Waals surface area contributed by atoms with Crippen molar-refractivity contribution in [2.45, 2.75) is 71.9 Å². The van der Waals surface area contributed by atoms with Crippen molar-refractivity contribution in [1.82, 2.24) is 5.32 Å². The van der Waals surface area contributed by atoms with Crippen LogP contribution in [-0.4, -0.2) is 12.1 Å². The van der Waals surface area contributed by atoms with Crippen LogP contribution in [0.5, 0.6) is 0 Å². The number of fused-ring (bicyclic) bond motifs is 1. The van der Waals surface area contributed by atoms with E-state index in [1.54, 1.807) is 0 Å². The SMILES string of the molecule is CC1(C)CC(NC2CC3CC=CC32)CC(C)(C)C1. The van der Waals surface area contributed by atoms with Gasteiger partial charge in [-0.15, -0.1) is 0 Å². The summed E-state index contributed by atoms with van der Waals surface area (Å²) in [6.45, 7) is 9.78. The van der Waals surface area contributed by atoms with Crippen molar-refractivity contribution in [3.63, 3.8) is 0 Å². The smallest absolute Gasteiger partial charge is 0.0138 e. The third kappa shape index (κ3) is 2.39. The summed E-state index contributed by atoms with van der Waals surface area (Å²) < 4.78 is 0. The Kier molecular flexibility index (Phi) is 2.89. The van der Waals surface area contributed by atoms with Crippen LogP contribution in [0.3, 0.4) is 0 Å². The summed E-state index contributed by atoms with van der Waals surface area (Å²) in [7, 11) is 0. The van der Waals surface area contributed by atoms with E-state index in [-0.39, 0.29) is 0 Å². The number of nitrogens with one attached hydrogen (secondary N) is 1. The van der Waals surface area contributed by atoms with Gasteiger partial charge in [-0.1, -0.05) is 39.8 Å². The van der Waals surface area contributed by atoms with E-state index >= 15 is 0 Å². The minimum Gasteiger partial charge on any atom is -0.311 e. The fourth-order valence-corrected chi connectivity index (χ4v) is 5.17. The van der Waals surface area contributed by atoms with E-state index in [1.165, 1.54) is 32.1 Å². The second-order valence-corrected chi connectivity index (χ2v) is 8.62. The van der Waals surface area contributed by atoms with Crippen LogP contribution in [0.25, 0.3) is 0 Å². The van der Waals surface area contributed by atoms with Gasteiger partial charge in [0.25, 0.3) is 0 Å². The third-order valence-corrected chi connectivity index (χ3v) is 5.37. The van der Waals surface area contributed by atoms with Gasteiger partial charge in [0, 0.05) is 12.1 Å². The van der Waals surface area contributed by atoms with Crippen LogP contribution in [0.2, 0.25) is 0 Å². The molecule has 0 radical (unpaired) electrons. The second-order valence-electron chi connectivity index (χ2n) is 8.62. The highest BCUT2D eigenvalue weighted by molar-refractivity contribution is 5.13. The summed E-state index contributed by atoms with van der Waals surface area (Å²) in [5.74, 6) is 1.84. The quantitative estimate of drug-likeness (QED) is 0.723. The minimum atomic E-state index is 0.508. The number of rotatable bonds is 2. The van der Waals surface area contributed by atoms with E-state index in [0.29, 0.717) is 10.8 Å². The lowest BCUT2D eigenvalue weighted by molar-refractivity contribution is 0.0576. The molecule has 0 saturated heterocycles. The average Bonchev–Trinajstić information content (AvgIpc) is 2.51. The van der Waals surface area contributed by atoms with E-state index in [9.17, 15) is 0 Å². The van der Waals surface area contributed by atoms with Gasteiger partial charge in [0.15, 0.2) is 0 Å². The van der Waals surface area contributed by atoms with Crippen molar-refractivity contribution < 1.29 is 0 Å². The molecule has 0 bridgehead atoms. The van der Waals surface area contributed by atoms with Crippen LogP contribution >= 0.6 is 0 Å². The topological polar surface area (TPSA) is 12.0 Å². The molecule has 3 aliphatic carbocycles. The highest BCUT2D eigenvalue weighted by atomic mass is 15.0. The molecule has 18 heavy (non-hydrogen) atoms. The Bertz CT molecular complexity index is 337. The standard InChI is InChI=1S/C17H29N/c1-16(2)9-13(10-17(3,4)11-16)18-15-8-12-6-5-7-14(12)15/h5,7,12-15,18H,6,8-11H2,1-4H3. The first-order valence-corrected chi connectivity index (χ1v) is 7.77. The van der Waals surface area contributed by atoms with Gasteiger partial charge < -0.3 is 5.32 Å². The maximum atomic E-state index is 3.99. The van der Waals surface area contributed by atoms with Crippen molar-refractivity contribution >= 4 is 0 Å². The molecule has 1 heteroatoms. The van der Waals surface area contributed by atoms with Crippen molar-refractivity contribution in [2.24, 2.45) is 22.7 Å². The first-order valence-electron chi connectivity index (χ1n) is 7.77. The lowest BCUT2D eigenvalue weighted by Gasteiger charge is -2.49. The van der Waals surface area contributed by atoms with Crippen LogP contribution in [0.4, 0.5) is 0 Å². The highest BCUT2D eigenvalue weighted by Crippen LogP contribution is 2.48. The molecule has 0 spiro atoms. The zero-order valence-electron chi connectivity index (χ0n) is 12.5. The predicted octanol–water partition coefficient (Wildman–Crippen LogP) is 4.15. The Balaban J connectivity index is 1.61. The first-order chi connectivity index (χ1) is 8.35. The molecule has 3 unspecified atom stereocenters. The molecule has 0 amide bonds. The Morgan fingerprint density at radius 3 is 2.33 bits per heavy atom. The van der Waals surface area contributed by atoms with Crippen LogP contribution in [0.15, 0.2) is 12.2 Å². The van der Waals surface area contributed by atoms with Gasteiger partial charge in [0.2, 0.25) is 0 Å². The molecule has 3 rings (SSSR count). The fraction of sp³-hybridized carbons (Fsp3) is 0.882. The summed E-state index contributed by atoms with van der Waals surface area (Å²) in [5, 5.41) is 3.99. The lowest BCUT2D eigenvalue weighted by atomic mass is 9.62. The molecule has 0 aromatic heterocycles. The fourth-order valence-electron chi connectivity index (χ4n) is 5.17. The molecule has 0 aliphatic heterocycles. The normalized spacial score (nSPS) is 41.4. The predicted molar refractivity (Wildman–Crippen MR) is 77.5 cm³/mol. The maximum absolute atomic E-state index is 3.99. The Morgan fingerprint density at radius 2 is 1.72 bits per heavy atom. The van der Waals surface area contributed by atoms with E-state index in [4.69, 9.17) is 0 Å². The molecule has 2 fully saturated rings. The van der Waals surface area contributed by atoms with Crippen LogP contribution < -0.4 is 5.32 Å². The summed E-state index contributed by atoms with van der Waals surface area (Å²) in [6.07, 6.45) is 11.7. The lowest BCUT2D eigenvalue weighted by Crippen LogP contribution is -2.55. The largest absolute Gasteiger partial charge is 0.311 e. The molecule has 0 aromatic carbocycles. The van der Waals surface area contributed by atoms with Crippen LogP contribution in [0, 0.1) is 22.7 Å². The van der Waals surface area contributed by atoms with Gasteiger partial charge in [-0.2, -0.15) is 0 Å². The van der Waals surface area contributed by atoms with E-state index < -0.39 is 0 Å². The van der Waals surface area contributed by atoms with E-state index in [0.717, 1.165) is 23.9 Å². The van der Waals surface area contributed by atoms with Gasteiger partial charge in [-0.25, -0.2) is 0 Å². The van der Waals surface area contributed by atoms with Crippen molar-refractivity contribution in [1.29, 1.82) is 0 Å². The highest BCUT2D eigenvalue weighted by Gasteiger charge is 2.44.